The fraction of sp³-hybridized carbons (Fsp3) is 0.0968. The lowest BCUT2D eigenvalue weighted by Crippen LogP contribution is -2.35. The van der Waals surface area contributed by atoms with Crippen LogP contribution in [-0.2, 0) is 5.41 Å². The van der Waals surface area contributed by atoms with Crippen molar-refractivity contribution in [3.63, 3.8) is 0 Å². The molecule has 2 aliphatic rings. The Hall–Kier alpha value is -3.84. The van der Waals surface area contributed by atoms with E-state index in [0.29, 0.717) is 5.92 Å². The number of fused-ring (bicyclic) bond motifs is 6. The maximum Gasteiger partial charge on any atom is 0.139 e. The Labute approximate surface area is 187 Å². The smallest absolute Gasteiger partial charge is 0.139 e. The number of para-hydroxylation sites is 2. The maximum absolute atomic E-state index is 6.60. The van der Waals surface area contributed by atoms with Crippen LogP contribution in [0.2, 0.25) is 0 Å². The topological polar surface area (TPSA) is 13.1 Å². The van der Waals surface area contributed by atoms with Crippen LogP contribution in [0.1, 0.15) is 28.2 Å². The molecule has 1 heteroatoms. The number of hydrogen-bond acceptors (Lipinski definition) is 1. The van der Waals surface area contributed by atoms with Gasteiger partial charge in [0, 0.05) is 28.2 Å². The lowest BCUT2D eigenvalue weighted by atomic mass is 9.63. The summed E-state index contributed by atoms with van der Waals surface area (Å²) in [6, 6.07) is 35.0. The highest BCUT2D eigenvalue weighted by atomic mass is 16.3. The molecule has 0 amide bonds. The third-order valence-corrected chi connectivity index (χ3v) is 7.44. The summed E-state index contributed by atoms with van der Waals surface area (Å²) in [5, 5.41) is 2.36. The van der Waals surface area contributed by atoms with Crippen molar-refractivity contribution < 1.29 is 4.42 Å². The summed E-state index contributed by atoms with van der Waals surface area (Å²) in [5.41, 5.74) is 6.97. The third kappa shape index (κ3) is 2.18. The fourth-order valence-electron chi connectivity index (χ4n) is 6.23. The molecule has 0 saturated carbocycles. The van der Waals surface area contributed by atoms with E-state index in [1.807, 2.05) is 6.07 Å². The van der Waals surface area contributed by atoms with Crippen molar-refractivity contribution >= 4 is 21.9 Å². The first-order chi connectivity index (χ1) is 15.9. The largest absolute Gasteiger partial charge is 0.456 e. The minimum atomic E-state index is -0.322. The first-order valence-corrected chi connectivity index (χ1v) is 11.3. The molecular formula is C31H22O. The minimum absolute atomic E-state index is 0.283. The molecule has 152 valence electrons. The third-order valence-electron chi connectivity index (χ3n) is 7.44. The molecule has 3 atom stereocenters. The minimum Gasteiger partial charge on any atom is -0.456 e. The summed E-state index contributed by atoms with van der Waals surface area (Å²) < 4.78 is 6.60. The van der Waals surface area contributed by atoms with E-state index in [9.17, 15) is 0 Å². The molecule has 0 N–H and O–H groups in total. The number of allylic oxidation sites excluding steroid dienone is 4. The first kappa shape index (κ1) is 17.8. The molecule has 0 spiro atoms. The van der Waals surface area contributed by atoms with Crippen molar-refractivity contribution in [2.75, 3.05) is 0 Å². The lowest BCUT2D eigenvalue weighted by Gasteiger charge is -2.38. The normalized spacial score (nSPS) is 23.5. The number of furan rings is 1. The summed E-state index contributed by atoms with van der Waals surface area (Å²) >= 11 is 0. The molecule has 2 aliphatic carbocycles. The second kappa shape index (κ2) is 6.58. The fourth-order valence-corrected chi connectivity index (χ4v) is 6.23. The van der Waals surface area contributed by atoms with Crippen LogP contribution in [0.25, 0.3) is 21.9 Å². The molecule has 4 aromatic carbocycles. The molecule has 1 heterocycles. The lowest BCUT2D eigenvalue weighted by molar-refractivity contribution is 0.454. The van der Waals surface area contributed by atoms with Crippen LogP contribution in [0.5, 0.6) is 0 Å². The van der Waals surface area contributed by atoms with Gasteiger partial charge in [-0.3, -0.25) is 0 Å². The molecule has 7 rings (SSSR count). The second-order valence-electron chi connectivity index (χ2n) is 8.86. The van der Waals surface area contributed by atoms with Gasteiger partial charge >= 0.3 is 0 Å². The van der Waals surface area contributed by atoms with Gasteiger partial charge in [-0.1, -0.05) is 115 Å². The number of benzene rings is 4. The summed E-state index contributed by atoms with van der Waals surface area (Å²) in [6.07, 6.45) is 9.18. The van der Waals surface area contributed by atoms with Gasteiger partial charge in [-0.15, -0.1) is 0 Å². The van der Waals surface area contributed by atoms with Crippen LogP contribution in [0.15, 0.2) is 126 Å². The van der Waals surface area contributed by atoms with Gasteiger partial charge in [0.15, 0.2) is 0 Å². The molecular weight excluding hydrogens is 388 g/mol. The van der Waals surface area contributed by atoms with Crippen molar-refractivity contribution in [2.45, 2.75) is 11.3 Å². The SMILES string of the molecule is C1=CC2c3ccccc3C(c3ccccc3)(c3cccc4c3oc3ccccc34)C2C=C1. The Morgan fingerprint density at radius 2 is 1.31 bits per heavy atom. The van der Waals surface area contributed by atoms with Crippen LogP contribution in [-0.4, -0.2) is 0 Å². The Kier molecular flexibility index (Phi) is 3.66. The van der Waals surface area contributed by atoms with Crippen LogP contribution < -0.4 is 0 Å². The van der Waals surface area contributed by atoms with E-state index in [1.54, 1.807) is 0 Å². The van der Waals surface area contributed by atoms with E-state index in [1.165, 1.54) is 33.0 Å². The van der Waals surface area contributed by atoms with E-state index >= 15 is 0 Å². The van der Waals surface area contributed by atoms with Crippen LogP contribution in [0.4, 0.5) is 0 Å². The van der Waals surface area contributed by atoms with Gasteiger partial charge in [-0.2, -0.15) is 0 Å². The van der Waals surface area contributed by atoms with E-state index < -0.39 is 0 Å². The molecule has 5 aromatic rings. The monoisotopic (exact) mass is 410 g/mol. The zero-order valence-corrected chi connectivity index (χ0v) is 17.6. The van der Waals surface area contributed by atoms with Crippen LogP contribution in [0.3, 0.4) is 0 Å². The Balaban J connectivity index is 1.67. The van der Waals surface area contributed by atoms with Crippen LogP contribution in [0, 0.1) is 5.92 Å². The molecule has 0 aliphatic heterocycles. The van der Waals surface area contributed by atoms with Crippen LogP contribution >= 0.6 is 0 Å². The summed E-state index contributed by atoms with van der Waals surface area (Å²) in [4.78, 5) is 0. The van der Waals surface area contributed by atoms with Crippen molar-refractivity contribution in [3.8, 4) is 0 Å². The summed E-state index contributed by atoms with van der Waals surface area (Å²) in [7, 11) is 0. The molecule has 0 saturated heterocycles. The summed E-state index contributed by atoms with van der Waals surface area (Å²) in [6.45, 7) is 0. The van der Waals surface area contributed by atoms with Crippen molar-refractivity contribution in [2.24, 2.45) is 5.92 Å². The Morgan fingerprint density at radius 3 is 2.25 bits per heavy atom. The Bertz CT molecular complexity index is 1540. The van der Waals surface area contributed by atoms with Gasteiger partial charge in [0.25, 0.3) is 0 Å². The van der Waals surface area contributed by atoms with E-state index in [2.05, 4.69) is 115 Å². The molecule has 3 unspecified atom stereocenters. The van der Waals surface area contributed by atoms with Gasteiger partial charge in [-0.05, 0) is 22.8 Å². The predicted molar refractivity (Wildman–Crippen MR) is 131 cm³/mol. The molecule has 1 nitrogen and oxygen atoms in total. The van der Waals surface area contributed by atoms with E-state index in [-0.39, 0.29) is 11.3 Å². The summed E-state index contributed by atoms with van der Waals surface area (Å²) in [5.74, 6) is 0.627. The first-order valence-electron chi connectivity index (χ1n) is 11.3. The second-order valence-corrected chi connectivity index (χ2v) is 8.86. The van der Waals surface area contributed by atoms with Crippen molar-refractivity contribution in [3.05, 3.63) is 144 Å². The highest BCUT2D eigenvalue weighted by molar-refractivity contribution is 6.06. The van der Waals surface area contributed by atoms with E-state index in [4.69, 9.17) is 4.42 Å². The highest BCUT2D eigenvalue weighted by Gasteiger charge is 2.53. The predicted octanol–water partition coefficient (Wildman–Crippen LogP) is 7.76. The zero-order valence-electron chi connectivity index (χ0n) is 17.6. The van der Waals surface area contributed by atoms with Crippen molar-refractivity contribution in [1.82, 2.24) is 0 Å². The maximum atomic E-state index is 6.60. The zero-order chi connectivity index (χ0) is 21.1. The molecule has 0 bridgehead atoms. The van der Waals surface area contributed by atoms with Gasteiger partial charge in [0.2, 0.25) is 0 Å². The van der Waals surface area contributed by atoms with Gasteiger partial charge in [0.1, 0.15) is 11.2 Å². The number of hydrogen-bond donors (Lipinski definition) is 0. The number of rotatable bonds is 2. The average molecular weight is 411 g/mol. The van der Waals surface area contributed by atoms with Gasteiger partial charge < -0.3 is 4.42 Å². The Morgan fingerprint density at radius 1 is 0.594 bits per heavy atom. The molecule has 32 heavy (non-hydrogen) atoms. The van der Waals surface area contributed by atoms with E-state index in [0.717, 1.165) is 11.2 Å². The quantitative estimate of drug-likeness (QED) is 0.290. The van der Waals surface area contributed by atoms with Gasteiger partial charge in [-0.25, -0.2) is 0 Å². The van der Waals surface area contributed by atoms with Crippen molar-refractivity contribution in [1.29, 1.82) is 0 Å². The molecule has 1 aromatic heterocycles. The average Bonchev–Trinajstić information content (AvgIpc) is 3.39. The molecule has 0 radical (unpaired) electrons. The van der Waals surface area contributed by atoms with Gasteiger partial charge in [0.05, 0.1) is 5.41 Å². The molecule has 0 fully saturated rings. The highest BCUT2D eigenvalue weighted by Crippen LogP contribution is 2.60. The standard InChI is InChI=1S/C31H22O/c1-2-11-21(12-3-1)31(26-17-7-4-13-22(26)23-14-5-8-18-27(23)31)28-19-10-16-25-24-15-6-9-20-29(24)32-30(25)28/h1-20,22,26H.